The minimum Gasteiger partial charge on any atom is -0.561 e. The highest BCUT2D eigenvalue weighted by molar-refractivity contribution is 6.29. The molecule has 0 aliphatic rings. The third-order valence-electron chi connectivity index (χ3n) is 1.14. The summed E-state index contributed by atoms with van der Waals surface area (Å²) in [5.41, 5.74) is 5.36. The highest BCUT2D eigenvalue weighted by Crippen LogP contribution is 2.12. The van der Waals surface area contributed by atoms with E-state index in [1.54, 1.807) is 0 Å². The Labute approximate surface area is 67.6 Å². The average Bonchev–Trinajstić information content (AvgIpc) is 1.85. The number of aromatic nitrogens is 1. The summed E-state index contributed by atoms with van der Waals surface area (Å²) in [4.78, 5) is 14.1. The fraction of sp³-hybridized carbons (Fsp3) is 0. The zero-order valence-corrected chi connectivity index (χ0v) is 6.22. The summed E-state index contributed by atoms with van der Waals surface area (Å²) in [5.74, 6) is -0.857. The maximum atomic E-state index is 10.5. The van der Waals surface area contributed by atoms with Gasteiger partial charge in [0.1, 0.15) is 11.0 Å². The van der Waals surface area contributed by atoms with Crippen LogP contribution in [-0.4, -0.2) is 16.1 Å². The van der Waals surface area contributed by atoms with Crippen molar-refractivity contribution in [3.05, 3.63) is 22.8 Å². The topological polar surface area (TPSA) is 78.9 Å². The second-order valence-electron chi connectivity index (χ2n) is 1.90. The summed E-state index contributed by atoms with van der Waals surface area (Å²) in [6, 6.07) is 2.79. The first-order valence-electron chi connectivity index (χ1n) is 2.79. The molecule has 5 heteroatoms. The summed E-state index contributed by atoms with van der Waals surface area (Å²) in [6.45, 7) is 0. The molecule has 4 N–H and O–H groups in total. The van der Waals surface area contributed by atoms with Crippen LogP contribution in [0.5, 0.6) is 0 Å². The monoisotopic (exact) mass is 173 g/mol. The lowest BCUT2D eigenvalue weighted by Gasteiger charge is -1.94. The summed E-state index contributed by atoms with van der Waals surface area (Å²) >= 11 is 5.46. The van der Waals surface area contributed by atoms with E-state index in [4.69, 9.17) is 22.4 Å². The molecular formula is C6H6ClN2O2+. The van der Waals surface area contributed by atoms with Crippen molar-refractivity contribution >= 4 is 23.4 Å². The van der Waals surface area contributed by atoms with Gasteiger partial charge in [-0.05, 0) is 12.1 Å². The van der Waals surface area contributed by atoms with Crippen molar-refractivity contribution in [2.24, 2.45) is 0 Å². The van der Waals surface area contributed by atoms with Gasteiger partial charge >= 0.3 is 5.97 Å². The van der Waals surface area contributed by atoms with Crippen LogP contribution in [0.1, 0.15) is 10.4 Å². The van der Waals surface area contributed by atoms with Gasteiger partial charge in [0.05, 0.1) is 0 Å². The molecule has 0 fully saturated rings. The lowest BCUT2D eigenvalue weighted by molar-refractivity contribution is 0.0697. The Hall–Kier alpha value is -1.29. The first kappa shape index (κ1) is 7.81. The third kappa shape index (κ3) is 1.59. The average molecular weight is 174 g/mol. The quantitative estimate of drug-likeness (QED) is 0.486. The Morgan fingerprint density at radius 2 is 2.27 bits per heavy atom. The SMILES string of the molecule is Nc1nc(Cl)ccc1C(=O)[OH2+]. The number of hydrogen-bond donors (Lipinski definition) is 1. The number of pyridine rings is 1. The van der Waals surface area contributed by atoms with Crippen molar-refractivity contribution in [3.63, 3.8) is 0 Å². The van der Waals surface area contributed by atoms with E-state index in [0.29, 0.717) is 0 Å². The summed E-state index contributed by atoms with van der Waals surface area (Å²) < 4.78 is 0. The maximum Gasteiger partial charge on any atom is 0.552 e. The van der Waals surface area contributed by atoms with Crippen LogP contribution < -0.4 is 5.73 Å². The number of anilines is 1. The van der Waals surface area contributed by atoms with Crippen molar-refractivity contribution < 1.29 is 9.90 Å². The Balaban J connectivity index is 3.20. The smallest absolute Gasteiger partial charge is 0.552 e. The molecule has 0 aromatic carbocycles. The zero-order chi connectivity index (χ0) is 8.43. The van der Waals surface area contributed by atoms with Gasteiger partial charge in [-0.15, -0.1) is 0 Å². The van der Waals surface area contributed by atoms with Crippen LogP contribution in [0, 0.1) is 0 Å². The fourth-order valence-corrected chi connectivity index (χ4v) is 0.796. The molecule has 1 rings (SSSR count). The van der Waals surface area contributed by atoms with Gasteiger partial charge < -0.3 is 10.8 Å². The predicted molar refractivity (Wildman–Crippen MR) is 41.6 cm³/mol. The van der Waals surface area contributed by atoms with E-state index in [2.05, 4.69) is 4.98 Å². The van der Waals surface area contributed by atoms with Crippen LogP contribution in [0.25, 0.3) is 0 Å². The molecule has 11 heavy (non-hydrogen) atoms. The molecule has 1 heterocycles. The van der Waals surface area contributed by atoms with Crippen LogP contribution in [0.4, 0.5) is 5.82 Å². The molecule has 0 spiro atoms. The van der Waals surface area contributed by atoms with Gasteiger partial charge in [0.15, 0.2) is 5.56 Å². The highest BCUT2D eigenvalue weighted by Gasteiger charge is 2.15. The Morgan fingerprint density at radius 3 is 2.73 bits per heavy atom. The van der Waals surface area contributed by atoms with Crippen LogP contribution in [0.15, 0.2) is 12.1 Å². The van der Waals surface area contributed by atoms with Gasteiger partial charge in [-0.25, -0.2) is 4.98 Å². The summed E-state index contributed by atoms with van der Waals surface area (Å²) in [5, 5.41) is 6.94. The molecule has 0 aliphatic carbocycles. The number of hydrogen-bond acceptors (Lipinski definition) is 3. The summed E-state index contributed by atoms with van der Waals surface area (Å²) in [7, 11) is 0. The first-order valence-corrected chi connectivity index (χ1v) is 3.17. The van der Waals surface area contributed by atoms with E-state index in [1.807, 2.05) is 0 Å². The third-order valence-corrected chi connectivity index (χ3v) is 1.35. The van der Waals surface area contributed by atoms with Gasteiger partial charge in [0.2, 0.25) is 0 Å². The van der Waals surface area contributed by atoms with E-state index in [-0.39, 0.29) is 16.5 Å². The minimum atomic E-state index is -0.855. The van der Waals surface area contributed by atoms with Crippen molar-refractivity contribution in [2.75, 3.05) is 5.73 Å². The van der Waals surface area contributed by atoms with Crippen molar-refractivity contribution in [3.8, 4) is 0 Å². The van der Waals surface area contributed by atoms with Crippen molar-refractivity contribution in [1.82, 2.24) is 4.98 Å². The second kappa shape index (κ2) is 2.75. The molecule has 0 saturated heterocycles. The van der Waals surface area contributed by atoms with E-state index >= 15 is 0 Å². The van der Waals surface area contributed by atoms with Crippen LogP contribution >= 0.6 is 11.6 Å². The summed E-state index contributed by atoms with van der Waals surface area (Å²) in [6.07, 6.45) is 0. The van der Waals surface area contributed by atoms with Crippen molar-refractivity contribution in [1.29, 1.82) is 0 Å². The van der Waals surface area contributed by atoms with Crippen LogP contribution in [-0.2, 0) is 0 Å². The largest absolute Gasteiger partial charge is 0.561 e. The number of nitrogens with zero attached hydrogens (tertiary/aromatic N) is 1. The molecule has 0 bridgehead atoms. The van der Waals surface area contributed by atoms with Crippen molar-refractivity contribution in [2.45, 2.75) is 0 Å². The maximum absolute atomic E-state index is 10.5. The number of halogens is 1. The Morgan fingerprint density at radius 1 is 1.64 bits per heavy atom. The normalized spacial score (nSPS) is 9.55. The number of carbonyl (C=O) groups is 1. The van der Waals surface area contributed by atoms with Crippen LogP contribution in [0.3, 0.4) is 0 Å². The van der Waals surface area contributed by atoms with Gasteiger partial charge in [0, 0.05) is 4.79 Å². The molecule has 0 saturated carbocycles. The fourth-order valence-electron chi connectivity index (χ4n) is 0.642. The number of carbonyl (C=O) groups excluding carboxylic acids is 1. The predicted octanol–water partition coefficient (Wildman–Crippen LogP) is 0.182. The molecule has 4 nitrogen and oxygen atoms in total. The molecule has 0 amide bonds. The molecule has 1 aromatic heterocycles. The van der Waals surface area contributed by atoms with E-state index in [9.17, 15) is 4.79 Å². The highest BCUT2D eigenvalue weighted by atomic mass is 35.5. The minimum absolute atomic E-state index is 0.00231. The van der Waals surface area contributed by atoms with Gasteiger partial charge in [-0.1, -0.05) is 11.6 Å². The van der Waals surface area contributed by atoms with E-state index in [1.165, 1.54) is 12.1 Å². The lowest BCUT2D eigenvalue weighted by Crippen LogP contribution is -2.03. The standard InChI is InChI=1S/C6H5ClN2O2/c7-4-2-1-3(6(10)11)5(8)9-4/h1-2H,(H2,8,9)(H,10,11)/p+1. The Kier molecular flexibility index (Phi) is 1.96. The molecular weight excluding hydrogens is 168 g/mol. The molecule has 0 atom stereocenters. The van der Waals surface area contributed by atoms with Crippen LogP contribution in [0.2, 0.25) is 5.15 Å². The van der Waals surface area contributed by atoms with E-state index < -0.39 is 5.97 Å². The molecule has 0 aliphatic heterocycles. The lowest BCUT2D eigenvalue weighted by atomic mass is 10.3. The molecule has 0 unspecified atom stereocenters. The molecule has 1 aromatic rings. The Bertz CT molecular complexity index is 301. The van der Waals surface area contributed by atoms with Gasteiger partial charge in [0.25, 0.3) is 0 Å². The number of nitrogen functional groups attached to an aromatic ring is 1. The van der Waals surface area contributed by atoms with Gasteiger partial charge in [-0.3, -0.25) is 0 Å². The molecule has 0 radical (unpaired) electrons. The first-order chi connectivity index (χ1) is 5.11. The van der Waals surface area contributed by atoms with E-state index in [0.717, 1.165) is 0 Å². The number of rotatable bonds is 1. The molecule has 58 valence electrons. The van der Waals surface area contributed by atoms with Gasteiger partial charge in [-0.2, -0.15) is 0 Å². The number of nitrogens with two attached hydrogens (primary N) is 1. The zero-order valence-electron chi connectivity index (χ0n) is 5.47. The second-order valence-corrected chi connectivity index (χ2v) is 2.28.